The van der Waals surface area contributed by atoms with Gasteiger partial charge in [-0.25, -0.2) is 9.78 Å². The summed E-state index contributed by atoms with van der Waals surface area (Å²) >= 11 is 1.09. The van der Waals surface area contributed by atoms with Crippen LogP contribution in [-0.2, 0) is 9.53 Å². The first-order valence-corrected chi connectivity index (χ1v) is 10.7. The van der Waals surface area contributed by atoms with Gasteiger partial charge in [0.25, 0.3) is 5.91 Å². The summed E-state index contributed by atoms with van der Waals surface area (Å²) in [6.45, 7) is 5.50. The van der Waals surface area contributed by atoms with Crippen LogP contribution >= 0.6 is 11.3 Å². The second-order valence-corrected chi connectivity index (χ2v) is 7.79. The molecule has 0 spiro atoms. The Hall–Kier alpha value is -3.60. The number of nitrogens with zero attached hydrogens (tertiary/aromatic N) is 4. The van der Waals surface area contributed by atoms with Crippen LogP contribution in [0.5, 0.6) is 0 Å². The number of carbonyl (C=O) groups is 3. The predicted molar refractivity (Wildman–Crippen MR) is 118 cm³/mol. The smallest absolute Gasteiger partial charge is 0.350 e. The summed E-state index contributed by atoms with van der Waals surface area (Å²) in [5.74, 6) is -0.195. The number of anilines is 1. The van der Waals surface area contributed by atoms with Gasteiger partial charge in [-0.3, -0.25) is 14.5 Å². The average Bonchev–Trinajstić information content (AvgIpc) is 3.39. The molecule has 2 heterocycles. The van der Waals surface area contributed by atoms with Crippen molar-refractivity contribution in [2.24, 2.45) is 0 Å². The van der Waals surface area contributed by atoms with Crippen LogP contribution in [0.15, 0.2) is 28.8 Å². The van der Waals surface area contributed by atoms with Crippen molar-refractivity contribution in [3.63, 3.8) is 0 Å². The molecule has 0 fully saturated rings. The fraction of sp³-hybridized carbons (Fsp3) is 0.333. The molecule has 0 aliphatic rings. The van der Waals surface area contributed by atoms with Gasteiger partial charge in [-0.05, 0) is 26.0 Å². The number of hydrogen-bond acceptors (Lipinski definition) is 9. The maximum atomic E-state index is 12.5. The lowest BCUT2D eigenvalue weighted by atomic mass is 10.1. The van der Waals surface area contributed by atoms with Crippen molar-refractivity contribution in [2.45, 2.75) is 27.2 Å². The van der Waals surface area contributed by atoms with Crippen molar-refractivity contribution in [1.29, 1.82) is 0 Å². The molecule has 0 aliphatic heterocycles. The van der Waals surface area contributed by atoms with Crippen LogP contribution in [0.25, 0.3) is 11.4 Å². The number of esters is 1. The highest BCUT2D eigenvalue weighted by Crippen LogP contribution is 2.26. The fourth-order valence-electron chi connectivity index (χ4n) is 2.79. The molecule has 11 heteroatoms. The number of carbonyl (C=O) groups excluding carboxylic acids is 3. The van der Waals surface area contributed by atoms with E-state index in [0.29, 0.717) is 38.5 Å². The Morgan fingerprint density at radius 3 is 2.69 bits per heavy atom. The van der Waals surface area contributed by atoms with Gasteiger partial charge >= 0.3 is 5.97 Å². The zero-order chi connectivity index (χ0) is 23.3. The average molecular weight is 458 g/mol. The minimum atomic E-state index is -0.458. The lowest BCUT2D eigenvalue weighted by molar-refractivity contribution is -0.118. The van der Waals surface area contributed by atoms with Gasteiger partial charge in [-0.1, -0.05) is 28.6 Å². The molecule has 1 N–H and O–H groups in total. The number of nitrogens with one attached hydrogen (secondary N) is 1. The van der Waals surface area contributed by atoms with Gasteiger partial charge in [0.15, 0.2) is 5.13 Å². The highest BCUT2D eigenvalue weighted by Gasteiger charge is 2.21. The summed E-state index contributed by atoms with van der Waals surface area (Å²) < 4.78 is 9.97. The van der Waals surface area contributed by atoms with E-state index in [0.717, 1.165) is 11.3 Å². The van der Waals surface area contributed by atoms with Gasteiger partial charge < -0.3 is 14.6 Å². The van der Waals surface area contributed by atoms with Crippen molar-refractivity contribution >= 4 is 34.3 Å². The first-order chi connectivity index (χ1) is 15.3. The minimum absolute atomic E-state index is 0.0688. The molecule has 3 aromatic rings. The fourth-order valence-corrected chi connectivity index (χ4v) is 3.73. The topological polar surface area (TPSA) is 128 Å². The van der Waals surface area contributed by atoms with Crippen LogP contribution in [0, 0.1) is 13.8 Å². The number of ether oxygens (including phenoxy) is 1. The minimum Gasteiger partial charge on any atom is -0.462 e. The third-order valence-electron chi connectivity index (χ3n) is 4.44. The lowest BCUT2D eigenvalue weighted by Gasteiger charge is -2.14. The Labute approximate surface area is 188 Å². The van der Waals surface area contributed by atoms with E-state index in [1.54, 1.807) is 52.1 Å². The molecule has 168 valence electrons. The second kappa shape index (κ2) is 10.1. The van der Waals surface area contributed by atoms with Crippen LogP contribution in [0.4, 0.5) is 5.13 Å². The largest absolute Gasteiger partial charge is 0.462 e. The van der Waals surface area contributed by atoms with Crippen LogP contribution in [0.3, 0.4) is 0 Å². The number of amides is 2. The second-order valence-electron chi connectivity index (χ2n) is 6.81. The van der Waals surface area contributed by atoms with E-state index in [1.165, 1.54) is 4.90 Å². The molecular weight excluding hydrogens is 434 g/mol. The maximum absolute atomic E-state index is 12.5. The molecule has 0 radical (unpaired) electrons. The number of hydrogen-bond donors (Lipinski definition) is 1. The zero-order valence-corrected chi connectivity index (χ0v) is 19.0. The first kappa shape index (κ1) is 23.1. The van der Waals surface area contributed by atoms with Gasteiger partial charge in [0.1, 0.15) is 4.88 Å². The Morgan fingerprint density at radius 1 is 1.22 bits per heavy atom. The standard InChI is InChI=1S/C21H23N5O5S/c1-5-30-20(29)17-12(2)23-21(32-17)26(4)16(27)9-10-22-19(28)15-8-6-7-14(11-15)18-24-13(3)31-25-18/h6-8,11H,5,9-10H2,1-4H3,(H,22,28). The number of rotatable bonds is 8. The Balaban J connectivity index is 1.56. The van der Waals surface area contributed by atoms with E-state index in [4.69, 9.17) is 9.26 Å². The van der Waals surface area contributed by atoms with Gasteiger partial charge in [0.05, 0.1) is 12.3 Å². The summed E-state index contributed by atoms with van der Waals surface area (Å²) in [6.07, 6.45) is 0.0688. The van der Waals surface area contributed by atoms with E-state index >= 15 is 0 Å². The number of thiazole rings is 1. The molecule has 2 amide bonds. The predicted octanol–water partition coefficient (Wildman–Crippen LogP) is 2.77. The molecule has 32 heavy (non-hydrogen) atoms. The van der Waals surface area contributed by atoms with E-state index in [9.17, 15) is 14.4 Å². The highest BCUT2D eigenvalue weighted by molar-refractivity contribution is 7.17. The monoisotopic (exact) mass is 457 g/mol. The van der Waals surface area contributed by atoms with E-state index in [2.05, 4.69) is 20.4 Å². The Kier molecular flexibility index (Phi) is 7.31. The molecule has 0 saturated heterocycles. The van der Waals surface area contributed by atoms with E-state index in [-0.39, 0.29) is 31.4 Å². The first-order valence-electron chi connectivity index (χ1n) is 9.90. The van der Waals surface area contributed by atoms with Gasteiger partial charge in [0, 0.05) is 38.1 Å². The van der Waals surface area contributed by atoms with Crippen LogP contribution < -0.4 is 10.2 Å². The molecular formula is C21H23N5O5S. The molecule has 0 aliphatic carbocycles. The summed E-state index contributed by atoms with van der Waals surface area (Å²) in [7, 11) is 1.58. The van der Waals surface area contributed by atoms with Gasteiger partial charge in [-0.15, -0.1) is 0 Å². The maximum Gasteiger partial charge on any atom is 0.350 e. The molecule has 0 unspecified atom stereocenters. The number of aryl methyl sites for hydroxylation is 2. The van der Waals surface area contributed by atoms with Crippen molar-refractivity contribution in [3.05, 3.63) is 46.3 Å². The number of aromatic nitrogens is 3. The van der Waals surface area contributed by atoms with Crippen molar-refractivity contribution in [2.75, 3.05) is 25.1 Å². The lowest BCUT2D eigenvalue weighted by Crippen LogP contribution is -2.32. The van der Waals surface area contributed by atoms with E-state index < -0.39 is 5.97 Å². The van der Waals surface area contributed by atoms with Crippen LogP contribution in [-0.4, -0.2) is 53.1 Å². The summed E-state index contributed by atoms with van der Waals surface area (Å²) in [5, 5.41) is 6.97. The zero-order valence-electron chi connectivity index (χ0n) is 18.2. The Morgan fingerprint density at radius 2 is 2.00 bits per heavy atom. The third-order valence-corrected chi connectivity index (χ3v) is 5.66. The molecule has 3 rings (SSSR count). The Bertz CT molecular complexity index is 1140. The van der Waals surface area contributed by atoms with Crippen LogP contribution in [0.2, 0.25) is 0 Å². The van der Waals surface area contributed by atoms with Crippen LogP contribution in [0.1, 0.15) is 45.0 Å². The normalized spacial score (nSPS) is 10.6. The molecule has 10 nitrogen and oxygen atoms in total. The molecule has 0 bridgehead atoms. The summed E-state index contributed by atoms with van der Waals surface area (Å²) in [4.78, 5) is 47.1. The quantitative estimate of drug-likeness (QED) is 0.512. The van der Waals surface area contributed by atoms with Crippen molar-refractivity contribution in [1.82, 2.24) is 20.4 Å². The van der Waals surface area contributed by atoms with Crippen molar-refractivity contribution in [3.8, 4) is 11.4 Å². The molecule has 0 atom stereocenters. The molecule has 2 aromatic heterocycles. The molecule has 0 saturated carbocycles. The summed E-state index contributed by atoms with van der Waals surface area (Å²) in [5.41, 5.74) is 1.58. The third kappa shape index (κ3) is 5.35. The van der Waals surface area contributed by atoms with Gasteiger partial charge in [0.2, 0.25) is 17.6 Å². The highest BCUT2D eigenvalue weighted by atomic mass is 32.1. The van der Waals surface area contributed by atoms with Gasteiger partial charge in [-0.2, -0.15) is 4.98 Å². The SMILES string of the molecule is CCOC(=O)c1sc(N(C)C(=O)CCNC(=O)c2cccc(-c3noc(C)n3)c2)nc1C. The molecule has 1 aromatic carbocycles. The number of benzene rings is 1. The summed E-state index contributed by atoms with van der Waals surface area (Å²) in [6, 6.07) is 6.82. The van der Waals surface area contributed by atoms with Crippen molar-refractivity contribution < 1.29 is 23.6 Å². The van der Waals surface area contributed by atoms with E-state index in [1.807, 2.05) is 0 Å².